The van der Waals surface area contributed by atoms with Crippen molar-refractivity contribution in [2.45, 2.75) is 38.6 Å². The Morgan fingerprint density at radius 2 is 1.96 bits per heavy atom. The van der Waals surface area contributed by atoms with E-state index in [1.807, 2.05) is 30.0 Å². The second-order valence-corrected chi connectivity index (χ2v) is 6.65. The highest BCUT2D eigenvalue weighted by Crippen LogP contribution is 2.30. The number of hydrogen-bond acceptors (Lipinski definition) is 4. The van der Waals surface area contributed by atoms with Gasteiger partial charge >= 0.3 is 0 Å². The van der Waals surface area contributed by atoms with Crippen LogP contribution in [0.1, 0.15) is 33.1 Å². The molecule has 0 aromatic heterocycles. The zero-order valence-electron chi connectivity index (χ0n) is 14.9. The molecule has 2 saturated heterocycles. The van der Waals surface area contributed by atoms with E-state index in [9.17, 15) is 4.79 Å². The third kappa shape index (κ3) is 3.22. The highest BCUT2D eigenvalue weighted by molar-refractivity contribution is 5.87. The molecule has 0 radical (unpaired) electrons. The molecule has 5 nitrogen and oxygen atoms in total. The zero-order chi connectivity index (χ0) is 17.0. The van der Waals surface area contributed by atoms with Gasteiger partial charge in [0.25, 0.3) is 0 Å². The predicted molar refractivity (Wildman–Crippen MR) is 96.7 cm³/mol. The lowest BCUT2D eigenvalue weighted by Crippen LogP contribution is -2.59. The smallest absolute Gasteiger partial charge is 0.242 e. The summed E-state index contributed by atoms with van der Waals surface area (Å²) >= 11 is 0. The number of hydrogen-bond donors (Lipinski definition) is 1. The van der Waals surface area contributed by atoms with Crippen LogP contribution in [-0.4, -0.2) is 55.7 Å². The van der Waals surface area contributed by atoms with Crippen LogP contribution >= 0.6 is 0 Å². The van der Waals surface area contributed by atoms with Crippen LogP contribution in [0.4, 0.5) is 5.69 Å². The summed E-state index contributed by atoms with van der Waals surface area (Å²) in [6.45, 7) is 9.02. The van der Waals surface area contributed by atoms with Crippen LogP contribution in [-0.2, 0) is 4.79 Å². The van der Waals surface area contributed by atoms with Crippen molar-refractivity contribution in [1.82, 2.24) is 10.2 Å². The van der Waals surface area contributed by atoms with Crippen molar-refractivity contribution < 1.29 is 9.53 Å². The van der Waals surface area contributed by atoms with Gasteiger partial charge in [-0.15, -0.1) is 0 Å². The number of para-hydroxylation sites is 2. The normalized spacial score (nSPS) is 24.2. The Balaban J connectivity index is 1.65. The average molecular weight is 331 g/mol. The molecule has 132 valence electrons. The Labute approximate surface area is 145 Å². The number of carbonyl (C=O) groups is 1. The van der Waals surface area contributed by atoms with Crippen LogP contribution in [0.25, 0.3) is 0 Å². The maximum Gasteiger partial charge on any atom is 0.242 e. The topological polar surface area (TPSA) is 44.8 Å². The molecule has 1 amide bonds. The van der Waals surface area contributed by atoms with E-state index >= 15 is 0 Å². The Morgan fingerprint density at radius 1 is 1.21 bits per heavy atom. The molecule has 0 aliphatic carbocycles. The first-order chi connectivity index (χ1) is 11.7. The molecule has 3 rings (SSSR count). The molecule has 5 heteroatoms. The van der Waals surface area contributed by atoms with Crippen LogP contribution in [0.3, 0.4) is 0 Å². The summed E-state index contributed by atoms with van der Waals surface area (Å²) < 4.78 is 5.75. The highest BCUT2D eigenvalue weighted by Gasteiger charge is 2.42. The first-order valence-electron chi connectivity index (χ1n) is 9.21. The van der Waals surface area contributed by atoms with Crippen molar-refractivity contribution in [3.63, 3.8) is 0 Å². The number of amides is 1. The van der Waals surface area contributed by atoms with E-state index in [0.29, 0.717) is 12.5 Å². The minimum absolute atomic E-state index is 0.292. The van der Waals surface area contributed by atoms with Gasteiger partial charge in [0.2, 0.25) is 5.91 Å². The van der Waals surface area contributed by atoms with Crippen LogP contribution < -0.4 is 15.0 Å². The largest absolute Gasteiger partial charge is 0.492 e. The van der Waals surface area contributed by atoms with E-state index in [0.717, 1.165) is 63.4 Å². The molecule has 2 aliphatic rings. The van der Waals surface area contributed by atoms with Gasteiger partial charge < -0.3 is 19.9 Å². The molecule has 1 aromatic rings. The van der Waals surface area contributed by atoms with Gasteiger partial charge in [0.15, 0.2) is 0 Å². The summed E-state index contributed by atoms with van der Waals surface area (Å²) in [5, 5.41) is 3.46. The number of ether oxygens (including phenoxy) is 1. The minimum atomic E-state index is -0.314. The van der Waals surface area contributed by atoms with E-state index in [-0.39, 0.29) is 5.54 Å². The fraction of sp³-hybridized carbons (Fsp3) is 0.632. The Kier molecular flexibility index (Phi) is 5.29. The lowest BCUT2D eigenvalue weighted by Gasteiger charge is -2.40. The lowest BCUT2D eigenvalue weighted by molar-refractivity contribution is -0.138. The molecule has 2 aliphatic heterocycles. The van der Waals surface area contributed by atoms with E-state index in [1.54, 1.807) is 0 Å². The summed E-state index contributed by atoms with van der Waals surface area (Å²) in [5.74, 6) is 1.22. The van der Waals surface area contributed by atoms with Gasteiger partial charge in [0, 0.05) is 26.2 Å². The number of benzene rings is 1. The van der Waals surface area contributed by atoms with Gasteiger partial charge in [0.1, 0.15) is 5.75 Å². The lowest BCUT2D eigenvalue weighted by atomic mass is 9.92. The number of rotatable bonds is 5. The van der Waals surface area contributed by atoms with Crippen molar-refractivity contribution >= 4 is 11.6 Å². The fourth-order valence-electron chi connectivity index (χ4n) is 3.89. The second kappa shape index (κ2) is 7.43. The Morgan fingerprint density at radius 3 is 2.58 bits per heavy atom. The maximum atomic E-state index is 13.0. The van der Waals surface area contributed by atoms with Gasteiger partial charge in [-0.1, -0.05) is 19.1 Å². The Hall–Kier alpha value is -1.75. The van der Waals surface area contributed by atoms with Crippen LogP contribution in [0, 0.1) is 0 Å². The monoisotopic (exact) mass is 331 g/mol. The number of piperazine rings is 1. The van der Waals surface area contributed by atoms with Crippen molar-refractivity contribution in [2.75, 3.05) is 44.2 Å². The molecule has 2 heterocycles. The maximum absolute atomic E-state index is 13.0. The van der Waals surface area contributed by atoms with E-state index < -0.39 is 0 Å². The van der Waals surface area contributed by atoms with E-state index in [1.165, 1.54) is 0 Å². The van der Waals surface area contributed by atoms with E-state index in [4.69, 9.17) is 4.74 Å². The molecule has 0 spiro atoms. The molecular formula is C19H29N3O2. The minimum Gasteiger partial charge on any atom is -0.492 e. The molecular weight excluding hydrogens is 302 g/mol. The van der Waals surface area contributed by atoms with Gasteiger partial charge in [-0.2, -0.15) is 0 Å². The average Bonchev–Trinajstić information content (AvgIpc) is 3.12. The zero-order valence-corrected chi connectivity index (χ0v) is 14.9. The quantitative estimate of drug-likeness (QED) is 0.899. The molecule has 2 fully saturated rings. The third-order valence-electron chi connectivity index (χ3n) is 5.33. The van der Waals surface area contributed by atoms with Crippen LogP contribution in [0.2, 0.25) is 0 Å². The molecule has 1 N–H and O–H groups in total. The number of anilines is 1. The van der Waals surface area contributed by atoms with Crippen molar-refractivity contribution in [3.8, 4) is 5.75 Å². The molecule has 24 heavy (non-hydrogen) atoms. The fourth-order valence-corrected chi connectivity index (χ4v) is 3.89. The summed E-state index contributed by atoms with van der Waals surface area (Å²) in [7, 11) is 0. The van der Waals surface area contributed by atoms with Crippen LogP contribution in [0.5, 0.6) is 5.75 Å². The third-order valence-corrected chi connectivity index (χ3v) is 5.33. The van der Waals surface area contributed by atoms with Gasteiger partial charge in [0.05, 0.1) is 17.8 Å². The first kappa shape index (κ1) is 17.1. The molecule has 1 unspecified atom stereocenters. The second-order valence-electron chi connectivity index (χ2n) is 6.65. The van der Waals surface area contributed by atoms with Gasteiger partial charge in [-0.3, -0.25) is 4.79 Å². The summed E-state index contributed by atoms with van der Waals surface area (Å²) in [5.41, 5.74) is 0.821. The Bertz CT molecular complexity index is 561. The van der Waals surface area contributed by atoms with Crippen LogP contribution in [0.15, 0.2) is 24.3 Å². The summed E-state index contributed by atoms with van der Waals surface area (Å²) in [6, 6.07) is 8.17. The SMILES string of the molecule is CCOc1ccccc1N1CCN(C(=O)C2(CC)CCCN2)CC1. The van der Waals surface area contributed by atoms with Gasteiger partial charge in [-0.05, 0) is 44.9 Å². The predicted octanol–water partition coefficient (Wildman–Crippen LogP) is 2.27. The summed E-state index contributed by atoms with van der Waals surface area (Å²) in [6.07, 6.45) is 2.94. The molecule has 0 bridgehead atoms. The molecule has 0 saturated carbocycles. The first-order valence-corrected chi connectivity index (χ1v) is 9.21. The number of nitrogens with zero attached hydrogens (tertiary/aromatic N) is 2. The van der Waals surface area contributed by atoms with E-state index in [2.05, 4.69) is 23.2 Å². The number of carbonyl (C=O) groups excluding carboxylic acids is 1. The van der Waals surface area contributed by atoms with Gasteiger partial charge in [-0.25, -0.2) is 0 Å². The van der Waals surface area contributed by atoms with Crippen molar-refractivity contribution in [2.24, 2.45) is 0 Å². The standard InChI is InChI=1S/C19H29N3O2/c1-3-19(10-7-11-20-19)18(23)22-14-12-21(13-15-22)16-8-5-6-9-17(16)24-4-2/h5-6,8-9,20H,3-4,7,10-15H2,1-2H3. The molecule has 1 atom stereocenters. The number of nitrogens with one attached hydrogen (secondary N) is 1. The summed E-state index contributed by atoms with van der Waals surface area (Å²) in [4.78, 5) is 17.4. The van der Waals surface area contributed by atoms with Crippen molar-refractivity contribution in [3.05, 3.63) is 24.3 Å². The van der Waals surface area contributed by atoms with Crippen molar-refractivity contribution in [1.29, 1.82) is 0 Å². The highest BCUT2D eigenvalue weighted by atomic mass is 16.5. The molecule has 1 aromatic carbocycles.